The van der Waals surface area contributed by atoms with Crippen LogP contribution in [-0.2, 0) is 6.42 Å². The lowest BCUT2D eigenvalue weighted by molar-refractivity contribution is 0.502. The van der Waals surface area contributed by atoms with E-state index in [2.05, 4.69) is 62.8 Å². The second-order valence-corrected chi connectivity index (χ2v) is 5.93. The zero-order valence-electron chi connectivity index (χ0n) is 14.6. The van der Waals surface area contributed by atoms with E-state index in [1.54, 1.807) is 0 Å². The zero-order chi connectivity index (χ0) is 15.8. The molecule has 0 fully saturated rings. The molecule has 0 atom stereocenters. The van der Waals surface area contributed by atoms with Crippen LogP contribution in [-0.4, -0.2) is 29.1 Å². The Morgan fingerprint density at radius 2 is 1.76 bits per heavy atom. The normalized spacial score (nSPS) is 11.2. The van der Waals surface area contributed by atoms with E-state index in [0.717, 1.165) is 49.8 Å². The number of aryl methyl sites for hydroxylation is 1. The monoisotopic (exact) mass is 292 g/mol. The van der Waals surface area contributed by atoms with Gasteiger partial charge in [0.1, 0.15) is 17.5 Å². The molecule has 4 nitrogen and oxygen atoms in total. The highest BCUT2D eigenvalue weighted by atomic mass is 15.2. The van der Waals surface area contributed by atoms with Gasteiger partial charge in [0.15, 0.2) is 0 Å². The van der Waals surface area contributed by atoms with E-state index in [0.29, 0.717) is 12.0 Å². The highest BCUT2D eigenvalue weighted by Gasteiger charge is 2.19. The molecular formula is C17H32N4. The maximum Gasteiger partial charge on any atom is 0.134 e. The molecule has 1 N–H and O–H groups in total. The summed E-state index contributed by atoms with van der Waals surface area (Å²) in [5.74, 6) is 3.55. The molecule has 1 heterocycles. The van der Waals surface area contributed by atoms with Crippen molar-refractivity contribution in [3.8, 4) is 0 Å². The quantitative estimate of drug-likeness (QED) is 0.743. The predicted octanol–water partition coefficient (Wildman–Crippen LogP) is 4.12. The number of aromatic nitrogens is 2. The topological polar surface area (TPSA) is 41.0 Å². The number of anilines is 2. The van der Waals surface area contributed by atoms with Crippen molar-refractivity contribution in [3.05, 3.63) is 11.9 Å². The van der Waals surface area contributed by atoms with E-state index in [9.17, 15) is 0 Å². The predicted molar refractivity (Wildman–Crippen MR) is 92.1 cm³/mol. The Bertz CT molecular complexity index is 413. The fourth-order valence-corrected chi connectivity index (χ4v) is 2.61. The largest absolute Gasteiger partial charge is 0.370 e. The van der Waals surface area contributed by atoms with Gasteiger partial charge in [-0.15, -0.1) is 0 Å². The molecule has 0 amide bonds. The molecule has 1 aromatic heterocycles. The Balaban J connectivity index is 3.17. The number of nitrogens with zero attached hydrogens (tertiary/aromatic N) is 3. The summed E-state index contributed by atoms with van der Waals surface area (Å²) in [7, 11) is 0. The van der Waals surface area contributed by atoms with Crippen LogP contribution in [0.15, 0.2) is 6.07 Å². The summed E-state index contributed by atoms with van der Waals surface area (Å²) < 4.78 is 0. The van der Waals surface area contributed by atoms with Crippen molar-refractivity contribution in [2.24, 2.45) is 5.92 Å². The number of hydrogen-bond donors (Lipinski definition) is 1. The van der Waals surface area contributed by atoms with Crippen LogP contribution in [0.5, 0.6) is 0 Å². The first-order valence-corrected chi connectivity index (χ1v) is 8.43. The Hall–Kier alpha value is -1.32. The lowest BCUT2D eigenvalue weighted by atomic mass is 10.1. The van der Waals surface area contributed by atoms with Crippen molar-refractivity contribution in [3.63, 3.8) is 0 Å². The molecule has 0 radical (unpaired) electrons. The third kappa shape index (κ3) is 5.18. The molecule has 0 saturated heterocycles. The summed E-state index contributed by atoms with van der Waals surface area (Å²) in [6, 6.07) is 2.64. The van der Waals surface area contributed by atoms with Crippen molar-refractivity contribution < 1.29 is 0 Å². The van der Waals surface area contributed by atoms with E-state index < -0.39 is 0 Å². The Kier molecular flexibility index (Phi) is 7.48. The van der Waals surface area contributed by atoms with Gasteiger partial charge in [-0.05, 0) is 25.7 Å². The standard InChI is InChI=1S/C17H32N4/c1-7-14(8-2)21(12-13(5)6)17-11-16(18-10-4)19-15(9-3)20-17/h11,13-14H,7-10,12H2,1-6H3,(H,18,19,20). The molecule has 1 rings (SSSR count). The van der Waals surface area contributed by atoms with Gasteiger partial charge in [-0.3, -0.25) is 0 Å². The van der Waals surface area contributed by atoms with E-state index in [4.69, 9.17) is 4.98 Å². The van der Waals surface area contributed by atoms with Gasteiger partial charge < -0.3 is 10.2 Å². The van der Waals surface area contributed by atoms with Crippen LogP contribution in [0.1, 0.15) is 60.2 Å². The van der Waals surface area contributed by atoms with Crippen molar-refractivity contribution in [1.82, 2.24) is 9.97 Å². The van der Waals surface area contributed by atoms with Crippen molar-refractivity contribution in [2.45, 2.75) is 66.8 Å². The van der Waals surface area contributed by atoms with Crippen LogP contribution in [0.3, 0.4) is 0 Å². The summed E-state index contributed by atoms with van der Waals surface area (Å²) in [6.45, 7) is 15.2. The zero-order valence-corrected chi connectivity index (χ0v) is 14.6. The molecule has 0 aliphatic carbocycles. The first-order valence-electron chi connectivity index (χ1n) is 8.43. The summed E-state index contributed by atoms with van der Waals surface area (Å²) in [5.41, 5.74) is 0. The molecule has 21 heavy (non-hydrogen) atoms. The molecular weight excluding hydrogens is 260 g/mol. The Labute approximate surface area is 130 Å². The SMILES string of the molecule is CCNc1cc(N(CC(C)C)C(CC)CC)nc(CC)n1. The van der Waals surface area contributed by atoms with E-state index in [-0.39, 0.29) is 0 Å². The van der Waals surface area contributed by atoms with Crippen molar-refractivity contribution >= 4 is 11.6 Å². The van der Waals surface area contributed by atoms with Gasteiger partial charge in [-0.1, -0.05) is 34.6 Å². The first kappa shape index (κ1) is 17.7. The van der Waals surface area contributed by atoms with Gasteiger partial charge in [0, 0.05) is 31.6 Å². The molecule has 0 spiro atoms. The van der Waals surface area contributed by atoms with Crippen LogP contribution >= 0.6 is 0 Å². The molecule has 120 valence electrons. The molecule has 0 aliphatic rings. The summed E-state index contributed by atoms with van der Waals surface area (Å²) in [4.78, 5) is 11.8. The third-order valence-corrected chi connectivity index (χ3v) is 3.67. The van der Waals surface area contributed by atoms with Crippen LogP contribution in [0.4, 0.5) is 11.6 Å². The number of rotatable bonds is 9. The van der Waals surface area contributed by atoms with Crippen LogP contribution < -0.4 is 10.2 Å². The van der Waals surface area contributed by atoms with Gasteiger partial charge in [0.2, 0.25) is 0 Å². The smallest absolute Gasteiger partial charge is 0.134 e. The van der Waals surface area contributed by atoms with Crippen LogP contribution in [0, 0.1) is 5.92 Å². The summed E-state index contributed by atoms with van der Waals surface area (Å²) in [6.07, 6.45) is 3.15. The maximum atomic E-state index is 4.78. The molecule has 0 unspecified atom stereocenters. The minimum absolute atomic E-state index is 0.543. The molecule has 1 aromatic rings. The maximum absolute atomic E-state index is 4.78. The third-order valence-electron chi connectivity index (χ3n) is 3.67. The van der Waals surface area contributed by atoms with E-state index in [1.165, 1.54) is 0 Å². The fourth-order valence-electron chi connectivity index (χ4n) is 2.61. The minimum atomic E-state index is 0.543. The highest BCUT2D eigenvalue weighted by molar-refractivity contribution is 5.50. The van der Waals surface area contributed by atoms with Gasteiger partial charge in [0.05, 0.1) is 0 Å². The van der Waals surface area contributed by atoms with Crippen molar-refractivity contribution in [1.29, 1.82) is 0 Å². The number of nitrogens with one attached hydrogen (secondary N) is 1. The first-order chi connectivity index (χ1) is 10.0. The summed E-state index contributed by atoms with van der Waals surface area (Å²) >= 11 is 0. The molecule has 0 saturated carbocycles. The van der Waals surface area contributed by atoms with Crippen LogP contribution in [0.25, 0.3) is 0 Å². The van der Waals surface area contributed by atoms with Gasteiger partial charge in [-0.2, -0.15) is 0 Å². The highest BCUT2D eigenvalue weighted by Crippen LogP contribution is 2.23. The Morgan fingerprint density at radius 1 is 1.10 bits per heavy atom. The fraction of sp³-hybridized carbons (Fsp3) is 0.765. The lowest BCUT2D eigenvalue weighted by Crippen LogP contribution is -2.38. The van der Waals surface area contributed by atoms with E-state index in [1.807, 2.05) is 0 Å². The average molecular weight is 292 g/mol. The minimum Gasteiger partial charge on any atom is -0.370 e. The number of hydrogen-bond acceptors (Lipinski definition) is 4. The molecule has 0 aliphatic heterocycles. The Morgan fingerprint density at radius 3 is 2.24 bits per heavy atom. The molecule has 4 heteroatoms. The lowest BCUT2D eigenvalue weighted by Gasteiger charge is -2.33. The van der Waals surface area contributed by atoms with Crippen molar-refractivity contribution in [2.75, 3.05) is 23.3 Å². The average Bonchev–Trinajstić information content (AvgIpc) is 2.47. The van der Waals surface area contributed by atoms with Crippen LogP contribution in [0.2, 0.25) is 0 Å². The summed E-state index contributed by atoms with van der Waals surface area (Å²) in [5, 5.41) is 3.33. The molecule has 0 bridgehead atoms. The van der Waals surface area contributed by atoms with E-state index >= 15 is 0 Å². The second kappa shape index (κ2) is 8.85. The second-order valence-electron chi connectivity index (χ2n) is 5.93. The van der Waals surface area contributed by atoms with Gasteiger partial charge >= 0.3 is 0 Å². The van der Waals surface area contributed by atoms with Gasteiger partial charge in [-0.25, -0.2) is 9.97 Å². The van der Waals surface area contributed by atoms with Gasteiger partial charge in [0.25, 0.3) is 0 Å². The molecule has 0 aromatic carbocycles.